The number of likely N-dealkylation sites (tertiary alicyclic amines) is 1. The molecule has 1 aliphatic rings. The summed E-state index contributed by atoms with van der Waals surface area (Å²) in [5.41, 5.74) is 3.50. The summed E-state index contributed by atoms with van der Waals surface area (Å²) in [6, 6.07) is 20.8. The Morgan fingerprint density at radius 1 is 0.935 bits per heavy atom. The molecule has 0 unspecified atom stereocenters. The van der Waals surface area contributed by atoms with Crippen LogP contribution in [-0.2, 0) is 0 Å². The fourth-order valence-electron chi connectivity index (χ4n) is 3.87. The van der Waals surface area contributed by atoms with E-state index < -0.39 is 0 Å². The van der Waals surface area contributed by atoms with Crippen molar-refractivity contribution in [3.63, 3.8) is 0 Å². The van der Waals surface area contributed by atoms with E-state index in [0.717, 1.165) is 34.9 Å². The fourth-order valence-corrected chi connectivity index (χ4v) is 3.87. The minimum Gasteiger partial charge on any atom is -0.508 e. The van der Waals surface area contributed by atoms with E-state index in [1.807, 2.05) is 54.6 Å². The number of ether oxygens (including phenoxy) is 1. The highest BCUT2D eigenvalue weighted by Gasteiger charge is 2.11. The molecule has 1 aliphatic heterocycles. The maximum atomic E-state index is 9.55. The second kappa shape index (κ2) is 8.65. The Labute approximate surface area is 180 Å². The molecule has 2 aromatic heterocycles. The number of hydrogen-bond acceptors (Lipinski definition) is 6. The summed E-state index contributed by atoms with van der Waals surface area (Å²) in [4.78, 5) is 7.02. The van der Waals surface area contributed by atoms with Crippen LogP contribution in [0.15, 0.2) is 66.7 Å². The molecule has 7 heteroatoms. The summed E-state index contributed by atoms with van der Waals surface area (Å²) in [6.45, 7) is 4.06. The van der Waals surface area contributed by atoms with Crippen LogP contribution in [0.25, 0.3) is 16.9 Å². The van der Waals surface area contributed by atoms with Crippen molar-refractivity contribution < 1.29 is 9.84 Å². The van der Waals surface area contributed by atoms with Crippen molar-refractivity contribution in [2.75, 3.05) is 31.6 Å². The highest BCUT2D eigenvalue weighted by atomic mass is 16.5. The van der Waals surface area contributed by atoms with Gasteiger partial charge in [-0.15, -0.1) is 5.10 Å². The summed E-state index contributed by atoms with van der Waals surface area (Å²) < 4.78 is 7.67. The molecule has 4 aromatic rings. The van der Waals surface area contributed by atoms with Crippen LogP contribution in [-0.4, -0.2) is 50.8 Å². The van der Waals surface area contributed by atoms with Crippen molar-refractivity contribution in [2.24, 2.45) is 0 Å². The molecule has 0 saturated carbocycles. The van der Waals surface area contributed by atoms with Crippen LogP contribution in [0.5, 0.6) is 11.5 Å². The van der Waals surface area contributed by atoms with Gasteiger partial charge in [-0.25, -0.2) is 4.52 Å². The summed E-state index contributed by atoms with van der Waals surface area (Å²) in [5.74, 6) is 1.62. The van der Waals surface area contributed by atoms with Gasteiger partial charge in [0.15, 0.2) is 5.65 Å². The predicted molar refractivity (Wildman–Crippen MR) is 121 cm³/mol. The van der Waals surface area contributed by atoms with Gasteiger partial charge < -0.3 is 15.2 Å². The number of hydrogen-bond donors (Lipinski definition) is 2. The van der Waals surface area contributed by atoms with E-state index in [1.165, 1.54) is 25.9 Å². The lowest BCUT2D eigenvalue weighted by molar-refractivity contribution is 0.238. The Morgan fingerprint density at radius 3 is 2.48 bits per heavy atom. The minimum absolute atomic E-state index is 0.236. The molecular weight excluding hydrogens is 390 g/mol. The molecule has 5 rings (SSSR count). The lowest BCUT2D eigenvalue weighted by Gasteiger charge is -2.15. The highest BCUT2D eigenvalue weighted by molar-refractivity contribution is 5.65. The number of phenolic OH excluding ortho intramolecular Hbond substituents is 1. The average Bonchev–Trinajstić information content (AvgIpc) is 3.45. The van der Waals surface area contributed by atoms with Gasteiger partial charge in [0.05, 0.1) is 5.69 Å². The molecule has 31 heavy (non-hydrogen) atoms. The lowest BCUT2D eigenvalue weighted by Crippen LogP contribution is -2.25. The van der Waals surface area contributed by atoms with Crippen molar-refractivity contribution in [1.29, 1.82) is 0 Å². The van der Waals surface area contributed by atoms with Crippen molar-refractivity contribution in [3.8, 4) is 22.8 Å². The first-order chi connectivity index (χ1) is 15.2. The molecule has 2 N–H and O–H groups in total. The molecule has 2 aromatic carbocycles. The Bertz CT molecular complexity index is 1150. The summed E-state index contributed by atoms with van der Waals surface area (Å²) >= 11 is 0. The van der Waals surface area contributed by atoms with E-state index in [-0.39, 0.29) is 5.75 Å². The maximum absolute atomic E-state index is 9.55. The number of benzene rings is 2. The van der Waals surface area contributed by atoms with Crippen molar-refractivity contribution in [1.82, 2.24) is 19.5 Å². The van der Waals surface area contributed by atoms with Crippen LogP contribution in [0.4, 0.5) is 11.6 Å². The number of rotatable bonds is 7. The second-order valence-electron chi connectivity index (χ2n) is 7.71. The summed E-state index contributed by atoms with van der Waals surface area (Å²) in [7, 11) is 0. The second-order valence-corrected chi connectivity index (χ2v) is 7.71. The summed E-state index contributed by atoms with van der Waals surface area (Å²) in [6.07, 6.45) is 2.60. The van der Waals surface area contributed by atoms with Crippen molar-refractivity contribution >= 4 is 17.3 Å². The van der Waals surface area contributed by atoms with Crippen LogP contribution >= 0.6 is 0 Å². The average molecular weight is 415 g/mol. The normalized spacial score (nSPS) is 14.2. The number of aromatic nitrogens is 3. The third-order valence-electron chi connectivity index (χ3n) is 5.51. The Kier molecular flexibility index (Phi) is 5.41. The van der Waals surface area contributed by atoms with Crippen LogP contribution in [0.2, 0.25) is 0 Å². The van der Waals surface area contributed by atoms with Gasteiger partial charge in [-0.2, -0.15) is 4.98 Å². The van der Waals surface area contributed by atoms with Crippen LogP contribution in [0, 0.1) is 0 Å². The monoisotopic (exact) mass is 415 g/mol. The first kappa shape index (κ1) is 19.4. The third kappa shape index (κ3) is 4.46. The highest BCUT2D eigenvalue weighted by Crippen LogP contribution is 2.24. The van der Waals surface area contributed by atoms with Crippen LogP contribution < -0.4 is 10.1 Å². The molecule has 0 radical (unpaired) electrons. The van der Waals surface area contributed by atoms with Gasteiger partial charge in [-0.3, -0.25) is 4.90 Å². The smallest absolute Gasteiger partial charge is 0.247 e. The van der Waals surface area contributed by atoms with E-state index in [9.17, 15) is 5.11 Å². The number of phenols is 1. The largest absolute Gasteiger partial charge is 0.508 e. The van der Waals surface area contributed by atoms with E-state index >= 15 is 0 Å². The number of anilines is 2. The zero-order valence-electron chi connectivity index (χ0n) is 17.2. The quantitative estimate of drug-likeness (QED) is 0.468. The number of nitrogens with one attached hydrogen (secondary N) is 1. The molecule has 1 fully saturated rings. The number of nitrogens with zero attached hydrogens (tertiary/aromatic N) is 4. The molecule has 0 amide bonds. The minimum atomic E-state index is 0.236. The Morgan fingerprint density at radius 2 is 1.71 bits per heavy atom. The number of pyridine rings is 1. The topological polar surface area (TPSA) is 74.9 Å². The van der Waals surface area contributed by atoms with Gasteiger partial charge in [-0.1, -0.05) is 6.07 Å². The molecule has 158 valence electrons. The third-order valence-corrected chi connectivity index (χ3v) is 5.51. The Balaban J connectivity index is 1.27. The number of aromatic hydroxyl groups is 1. The SMILES string of the molecule is Oc1ccc(-c2cccc3nc(Nc4ccc(OCCN5CCCC5)cc4)nn23)cc1. The molecule has 0 bridgehead atoms. The molecule has 0 aliphatic carbocycles. The first-order valence-electron chi connectivity index (χ1n) is 10.6. The van der Waals surface area contributed by atoms with Gasteiger partial charge in [-0.05, 0) is 86.6 Å². The molecule has 0 atom stereocenters. The standard InChI is InChI=1S/C24H25N5O2/c30-20-10-6-18(7-11-20)22-4-3-5-23-26-24(27-29(22)23)25-19-8-12-21(13-9-19)31-17-16-28-14-1-2-15-28/h3-13,30H,1-2,14-17H2,(H,25,27). The zero-order valence-corrected chi connectivity index (χ0v) is 17.2. The van der Waals surface area contributed by atoms with Gasteiger partial charge in [0.2, 0.25) is 5.95 Å². The van der Waals surface area contributed by atoms with Crippen LogP contribution in [0.3, 0.4) is 0 Å². The molecular formula is C24H25N5O2. The van der Waals surface area contributed by atoms with Gasteiger partial charge in [0, 0.05) is 17.8 Å². The van der Waals surface area contributed by atoms with Gasteiger partial charge in [0.25, 0.3) is 0 Å². The first-order valence-corrected chi connectivity index (χ1v) is 10.6. The van der Waals surface area contributed by atoms with Crippen LogP contribution in [0.1, 0.15) is 12.8 Å². The van der Waals surface area contributed by atoms with Gasteiger partial charge in [0.1, 0.15) is 18.1 Å². The maximum Gasteiger partial charge on any atom is 0.247 e. The van der Waals surface area contributed by atoms with Crippen molar-refractivity contribution in [2.45, 2.75) is 12.8 Å². The Hall–Kier alpha value is -3.58. The van der Waals surface area contributed by atoms with E-state index in [0.29, 0.717) is 12.6 Å². The summed E-state index contributed by atoms with van der Waals surface area (Å²) in [5, 5.41) is 17.4. The zero-order chi connectivity index (χ0) is 21.0. The van der Waals surface area contributed by atoms with E-state index in [1.54, 1.807) is 16.6 Å². The lowest BCUT2D eigenvalue weighted by atomic mass is 10.1. The molecule has 0 spiro atoms. The number of fused-ring (bicyclic) bond motifs is 1. The van der Waals surface area contributed by atoms with Crippen molar-refractivity contribution in [3.05, 3.63) is 66.7 Å². The molecule has 3 heterocycles. The predicted octanol–water partition coefficient (Wildman–Crippen LogP) is 4.32. The van der Waals surface area contributed by atoms with E-state index in [4.69, 9.17) is 4.74 Å². The molecule has 1 saturated heterocycles. The van der Waals surface area contributed by atoms with Gasteiger partial charge >= 0.3 is 0 Å². The fraction of sp³-hybridized carbons (Fsp3) is 0.250. The van der Waals surface area contributed by atoms with E-state index in [2.05, 4.69) is 20.3 Å². The molecule has 7 nitrogen and oxygen atoms in total.